The van der Waals surface area contributed by atoms with Crippen molar-refractivity contribution >= 4 is 15.9 Å². The number of rotatable bonds is 6. The summed E-state index contributed by atoms with van der Waals surface area (Å²) in [5.41, 5.74) is 2.97. The zero-order valence-electron chi connectivity index (χ0n) is 16.5. The Morgan fingerprint density at radius 1 is 1.07 bits per heavy atom. The summed E-state index contributed by atoms with van der Waals surface area (Å²) in [6.45, 7) is 4.65. The quantitative estimate of drug-likeness (QED) is 0.810. The summed E-state index contributed by atoms with van der Waals surface area (Å²) >= 11 is 0. The zero-order valence-corrected chi connectivity index (χ0v) is 17.3. The van der Waals surface area contributed by atoms with Gasteiger partial charge in [-0.15, -0.1) is 0 Å². The molecule has 150 valence electrons. The van der Waals surface area contributed by atoms with Gasteiger partial charge in [0, 0.05) is 25.6 Å². The number of piperidine rings is 1. The van der Waals surface area contributed by atoms with Crippen LogP contribution in [-0.4, -0.2) is 37.8 Å². The Morgan fingerprint density at radius 3 is 2.39 bits per heavy atom. The standard InChI is InChI=1S/C22H28N2O3S/c1-17-8-10-21(18(2)16-17)28(26,27)24-14-12-20(13-15-24)23-22(25)11-9-19-6-4-3-5-7-19/h3-8,10,16,20H,9,11-15H2,1-2H3,(H,23,25). The van der Waals surface area contributed by atoms with Crippen molar-refractivity contribution in [2.45, 2.75) is 50.5 Å². The summed E-state index contributed by atoms with van der Waals surface area (Å²) < 4.78 is 27.4. The molecule has 1 amide bonds. The third kappa shape index (κ3) is 5.00. The normalized spacial score (nSPS) is 16.1. The largest absolute Gasteiger partial charge is 0.353 e. The number of carbonyl (C=O) groups is 1. The van der Waals surface area contributed by atoms with E-state index in [1.807, 2.05) is 56.3 Å². The van der Waals surface area contributed by atoms with Gasteiger partial charge in [-0.2, -0.15) is 4.31 Å². The van der Waals surface area contributed by atoms with Crippen LogP contribution in [0, 0.1) is 13.8 Å². The predicted molar refractivity (Wildman–Crippen MR) is 111 cm³/mol. The Balaban J connectivity index is 1.52. The maximum absolute atomic E-state index is 12.9. The zero-order chi connectivity index (χ0) is 20.1. The molecule has 1 N–H and O–H groups in total. The first-order chi connectivity index (χ1) is 13.4. The molecular formula is C22H28N2O3S. The van der Waals surface area contributed by atoms with Gasteiger partial charge in [0.25, 0.3) is 0 Å². The lowest BCUT2D eigenvalue weighted by atomic mass is 10.1. The number of amides is 1. The SMILES string of the molecule is Cc1ccc(S(=O)(=O)N2CCC(NC(=O)CCc3ccccc3)CC2)c(C)c1. The lowest BCUT2D eigenvalue weighted by molar-refractivity contribution is -0.122. The highest BCUT2D eigenvalue weighted by atomic mass is 32.2. The number of hydrogen-bond acceptors (Lipinski definition) is 3. The van der Waals surface area contributed by atoms with Crippen LogP contribution < -0.4 is 5.32 Å². The Bertz CT molecular complexity index is 918. The van der Waals surface area contributed by atoms with Crippen LogP contribution in [0.3, 0.4) is 0 Å². The molecule has 28 heavy (non-hydrogen) atoms. The van der Waals surface area contributed by atoms with Crippen molar-refractivity contribution in [1.82, 2.24) is 9.62 Å². The van der Waals surface area contributed by atoms with Gasteiger partial charge in [-0.25, -0.2) is 8.42 Å². The van der Waals surface area contributed by atoms with E-state index in [1.54, 1.807) is 6.07 Å². The molecule has 0 atom stereocenters. The van der Waals surface area contributed by atoms with Gasteiger partial charge < -0.3 is 5.32 Å². The van der Waals surface area contributed by atoms with Gasteiger partial charge in [0.15, 0.2) is 0 Å². The van der Waals surface area contributed by atoms with Gasteiger partial charge in [0.05, 0.1) is 4.90 Å². The molecule has 0 spiro atoms. The third-order valence-electron chi connectivity index (χ3n) is 5.25. The van der Waals surface area contributed by atoms with Crippen LogP contribution in [0.2, 0.25) is 0 Å². The molecule has 0 unspecified atom stereocenters. The molecule has 0 radical (unpaired) electrons. The fraction of sp³-hybridized carbons (Fsp3) is 0.409. The Hall–Kier alpha value is -2.18. The molecule has 1 aliphatic rings. The molecule has 1 heterocycles. The molecule has 2 aromatic rings. The average Bonchev–Trinajstić information content (AvgIpc) is 2.67. The highest BCUT2D eigenvalue weighted by Gasteiger charge is 2.30. The molecule has 1 fully saturated rings. The lowest BCUT2D eigenvalue weighted by Crippen LogP contribution is -2.46. The van der Waals surface area contributed by atoms with Crippen molar-refractivity contribution in [3.05, 3.63) is 65.2 Å². The first kappa shape index (κ1) is 20.6. The minimum absolute atomic E-state index is 0.0274. The van der Waals surface area contributed by atoms with Crippen molar-refractivity contribution < 1.29 is 13.2 Å². The van der Waals surface area contributed by atoms with Crippen molar-refractivity contribution in [2.75, 3.05) is 13.1 Å². The molecule has 3 rings (SSSR count). The fourth-order valence-corrected chi connectivity index (χ4v) is 5.35. The van der Waals surface area contributed by atoms with Gasteiger partial charge in [0.2, 0.25) is 15.9 Å². The number of sulfonamides is 1. The molecule has 0 saturated carbocycles. The van der Waals surface area contributed by atoms with Crippen LogP contribution >= 0.6 is 0 Å². The molecule has 1 saturated heterocycles. The number of aryl methyl sites for hydroxylation is 3. The van der Waals surface area contributed by atoms with Crippen LogP contribution in [0.15, 0.2) is 53.4 Å². The minimum atomic E-state index is -3.49. The molecular weight excluding hydrogens is 372 g/mol. The Morgan fingerprint density at radius 2 is 1.75 bits per heavy atom. The summed E-state index contributed by atoms with van der Waals surface area (Å²) in [5, 5.41) is 3.06. The fourth-order valence-electron chi connectivity index (χ4n) is 3.67. The number of nitrogens with one attached hydrogen (secondary N) is 1. The molecule has 0 aliphatic carbocycles. The smallest absolute Gasteiger partial charge is 0.243 e. The van der Waals surface area contributed by atoms with Crippen molar-refractivity contribution in [1.29, 1.82) is 0 Å². The van der Waals surface area contributed by atoms with Gasteiger partial charge in [-0.1, -0.05) is 48.0 Å². The van der Waals surface area contributed by atoms with Gasteiger partial charge in [0.1, 0.15) is 0 Å². The number of nitrogens with zero attached hydrogens (tertiary/aromatic N) is 1. The Labute approximate surface area is 167 Å². The summed E-state index contributed by atoms with van der Waals surface area (Å²) in [4.78, 5) is 12.6. The predicted octanol–water partition coefficient (Wildman–Crippen LogP) is 3.21. The minimum Gasteiger partial charge on any atom is -0.353 e. The van der Waals surface area contributed by atoms with E-state index < -0.39 is 10.0 Å². The second-order valence-corrected chi connectivity index (χ2v) is 9.41. The highest BCUT2D eigenvalue weighted by molar-refractivity contribution is 7.89. The monoisotopic (exact) mass is 400 g/mol. The van der Waals surface area contributed by atoms with Gasteiger partial charge >= 0.3 is 0 Å². The summed E-state index contributed by atoms with van der Waals surface area (Å²) in [6.07, 6.45) is 2.44. The first-order valence-electron chi connectivity index (χ1n) is 9.77. The van der Waals surface area contributed by atoms with Crippen molar-refractivity contribution in [2.24, 2.45) is 0 Å². The number of hydrogen-bond donors (Lipinski definition) is 1. The van der Waals surface area contributed by atoms with E-state index in [0.717, 1.165) is 16.7 Å². The average molecular weight is 401 g/mol. The summed E-state index contributed by atoms with van der Waals surface area (Å²) in [5.74, 6) is 0.0274. The molecule has 1 aliphatic heterocycles. The molecule has 2 aromatic carbocycles. The van der Waals surface area contributed by atoms with Crippen LogP contribution in [0.1, 0.15) is 36.0 Å². The maximum atomic E-state index is 12.9. The van der Waals surface area contributed by atoms with Crippen molar-refractivity contribution in [3.8, 4) is 0 Å². The third-order valence-corrected chi connectivity index (χ3v) is 7.31. The molecule has 0 bridgehead atoms. The lowest BCUT2D eigenvalue weighted by Gasteiger charge is -2.32. The summed E-state index contributed by atoms with van der Waals surface area (Å²) in [6, 6.07) is 15.4. The van der Waals surface area contributed by atoms with E-state index in [4.69, 9.17) is 0 Å². The van der Waals surface area contributed by atoms with Crippen LogP contribution in [-0.2, 0) is 21.2 Å². The van der Waals surface area contributed by atoms with Crippen LogP contribution in [0.4, 0.5) is 0 Å². The molecule has 0 aromatic heterocycles. The molecule has 6 heteroatoms. The topological polar surface area (TPSA) is 66.5 Å². The van der Waals surface area contributed by atoms with E-state index in [2.05, 4.69) is 5.32 Å². The highest BCUT2D eigenvalue weighted by Crippen LogP contribution is 2.24. The van der Waals surface area contributed by atoms with Crippen LogP contribution in [0.25, 0.3) is 0 Å². The number of carbonyl (C=O) groups excluding carboxylic acids is 1. The van der Waals surface area contributed by atoms with E-state index in [1.165, 1.54) is 4.31 Å². The maximum Gasteiger partial charge on any atom is 0.243 e. The van der Waals surface area contributed by atoms with Gasteiger partial charge in [-0.3, -0.25) is 4.79 Å². The number of benzene rings is 2. The van der Waals surface area contributed by atoms with Gasteiger partial charge in [-0.05, 0) is 50.3 Å². The summed E-state index contributed by atoms with van der Waals surface area (Å²) in [7, 11) is -3.49. The second kappa shape index (κ2) is 8.88. The van der Waals surface area contributed by atoms with Crippen LogP contribution in [0.5, 0.6) is 0 Å². The Kier molecular flexibility index (Phi) is 6.52. The second-order valence-electron chi connectivity index (χ2n) is 7.50. The van der Waals surface area contributed by atoms with E-state index in [0.29, 0.717) is 43.7 Å². The first-order valence-corrected chi connectivity index (χ1v) is 11.2. The molecule has 5 nitrogen and oxygen atoms in total. The van der Waals surface area contributed by atoms with E-state index in [-0.39, 0.29) is 11.9 Å². The van der Waals surface area contributed by atoms with E-state index in [9.17, 15) is 13.2 Å². The van der Waals surface area contributed by atoms with E-state index >= 15 is 0 Å². The van der Waals surface area contributed by atoms with Crippen molar-refractivity contribution in [3.63, 3.8) is 0 Å².